The molecular formula is C48H95NO10. The second kappa shape index (κ2) is 37.6. The van der Waals surface area contributed by atoms with E-state index < -0.39 is 74.2 Å². The van der Waals surface area contributed by atoms with Gasteiger partial charge in [0.15, 0.2) is 6.29 Å². The molecule has 1 heterocycles. The van der Waals surface area contributed by atoms with Gasteiger partial charge < -0.3 is 50.5 Å². The van der Waals surface area contributed by atoms with Gasteiger partial charge in [0.25, 0.3) is 0 Å². The molecule has 0 radical (unpaired) electrons. The molecule has 0 aromatic rings. The van der Waals surface area contributed by atoms with Crippen LogP contribution in [0.1, 0.15) is 226 Å². The Hall–Kier alpha value is -0.890. The fraction of sp³-hybridized carbons (Fsp3) is 0.979. The molecule has 0 aromatic heterocycles. The summed E-state index contributed by atoms with van der Waals surface area (Å²) in [7, 11) is 0. The van der Waals surface area contributed by atoms with Gasteiger partial charge in [-0.3, -0.25) is 4.79 Å². The lowest BCUT2D eigenvalue weighted by molar-refractivity contribution is -0.303. The van der Waals surface area contributed by atoms with E-state index >= 15 is 0 Å². The molecular weight excluding hydrogens is 751 g/mol. The highest BCUT2D eigenvalue weighted by Crippen LogP contribution is 2.23. The average molecular weight is 846 g/mol. The normalized spacial score (nSPS) is 21.8. The van der Waals surface area contributed by atoms with E-state index in [4.69, 9.17) is 9.47 Å². The van der Waals surface area contributed by atoms with Crippen molar-refractivity contribution in [2.24, 2.45) is 5.92 Å². The van der Waals surface area contributed by atoms with E-state index in [1.807, 2.05) is 0 Å². The molecule has 1 aliphatic rings. The number of unbranched alkanes of at least 4 members (excludes halogenated alkanes) is 27. The number of carbonyl (C=O) groups is 1. The summed E-state index contributed by atoms with van der Waals surface area (Å²) in [5.41, 5.74) is 0. The van der Waals surface area contributed by atoms with Crippen molar-refractivity contribution in [3.8, 4) is 0 Å². The number of hydrogen-bond donors (Lipinski definition) is 8. The number of nitrogens with one attached hydrogen (secondary N) is 1. The van der Waals surface area contributed by atoms with E-state index in [1.54, 1.807) is 0 Å². The molecule has 1 aliphatic heterocycles. The highest BCUT2D eigenvalue weighted by Gasteiger charge is 2.44. The molecule has 1 fully saturated rings. The third-order valence-corrected chi connectivity index (χ3v) is 12.3. The number of amides is 1. The maximum absolute atomic E-state index is 13.1. The van der Waals surface area contributed by atoms with E-state index in [1.165, 1.54) is 141 Å². The highest BCUT2D eigenvalue weighted by atomic mass is 16.7. The van der Waals surface area contributed by atoms with Gasteiger partial charge in [-0.2, -0.15) is 0 Å². The van der Waals surface area contributed by atoms with Crippen LogP contribution in [0.5, 0.6) is 0 Å². The van der Waals surface area contributed by atoms with Crippen molar-refractivity contribution in [2.75, 3.05) is 13.2 Å². The SMILES string of the molecule is CCCCCCCCCCCCCCCCCCCCCCC(O)C(=O)N[C@H](CO[C@@H]1O[C@H](CO)[C@H](O)[C@H](O)[C@H]1O)[C@H](O)[C@H](O)CCCCCCCCCCCC(C)C. The van der Waals surface area contributed by atoms with Crippen LogP contribution in [0.2, 0.25) is 0 Å². The van der Waals surface area contributed by atoms with Gasteiger partial charge in [0.05, 0.1) is 25.4 Å². The van der Waals surface area contributed by atoms with Crippen molar-refractivity contribution in [3.05, 3.63) is 0 Å². The monoisotopic (exact) mass is 846 g/mol. The molecule has 11 heteroatoms. The maximum atomic E-state index is 13.1. The lowest BCUT2D eigenvalue weighted by Crippen LogP contribution is -2.60. The van der Waals surface area contributed by atoms with Gasteiger partial charge in [-0.05, 0) is 18.8 Å². The third-order valence-electron chi connectivity index (χ3n) is 12.3. The van der Waals surface area contributed by atoms with Gasteiger partial charge in [-0.25, -0.2) is 0 Å². The summed E-state index contributed by atoms with van der Waals surface area (Å²) in [6.45, 7) is 5.75. The van der Waals surface area contributed by atoms with Gasteiger partial charge in [0, 0.05) is 0 Å². The number of hydrogen-bond acceptors (Lipinski definition) is 10. The Balaban J connectivity index is 2.37. The Morgan fingerprint density at radius 2 is 0.949 bits per heavy atom. The number of aliphatic hydroxyl groups excluding tert-OH is 7. The first-order valence-electron chi connectivity index (χ1n) is 24.8. The van der Waals surface area contributed by atoms with Crippen molar-refractivity contribution >= 4 is 5.91 Å². The summed E-state index contributed by atoms with van der Waals surface area (Å²) in [6, 6.07) is -1.16. The van der Waals surface area contributed by atoms with Crippen LogP contribution in [0.25, 0.3) is 0 Å². The molecule has 8 N–H and O–H groups in total. The molecule has 9 atom stereocenters. The van der Waals surface area contributed by atoms with Crippen LogP contribution in [0.4, 0.5) is 0 Å². The summed E-state index contributed by atoms with van der Waals surface area (Å²) in [6.07, 6.45) is 25.9. The van der Waals surface area contributed by atoms with Crippen molar-refractivity contribution in [3.63, 3.8) is 0 Å². The molecule has 1 unspecified atom stereocenters. The maximum Gasteiger partial charge on any atom is 0.249 e. The van der Waals surface area contributed by atoms with Crippen LogP contribution in [-0.2, 0) is 14.3 Å². The van der Waals surface area contributed by atoms with Crippen LogP contribution in [0.3, 0.4) is 0 Å². The summed E-state index contributed by atoms with van der Waals surface area (Å²) < 4.78 is 11.1. The molecule has 0 aliphatic carbocycles. The summed E-state index contributed by atoms with van der Waals surface area (Å²) in [5.74, 6) is 0.0701. The lowest BCUT2D eigenvalue weighted by atomic mass is 9.98. The topological polar surface area (TPSA) is 189 Å². The molecule has 0 aromatic carbocycles. The van der Waals surface area contributed by atoms with Gasteiger partial charge in [0.2, 0.25) is 5.91 Å². The third kappa shape index (κ3) is 28.4. The summed E-state index contributed by atoms with van der Waals surface area (Å²) in [5, 5.41) is 75.7. The van der Waals surface area contributed by atoms with Crippen molar-refractivity contribution in [1.82, 2.24) is 5.32 Å². The van der Waals surface area contributed by atoms with E-state index in [0.29, 0.717) is 19.3 Å². The van der Waals surface area contributed by atoms with Gasteiger partial charge in [-0.1, -0.05) is 213 Å². The molecule has 0 spiro atoms. The predicted octanol–water partition coefficient (Wildman–Crippen LogP) is 8.53. The van der Waals surface area contributed by atoms with Crippen LogP contribution in [0, 0.1) is 5.92 Å². The van der Waals surface area contributed by atoms with Crippen LogP contribution in [0.15, 0.2) is 0 Å². The second-order valence-corrected chi connectivity index (χ2v) is 18.4. The van der Waals surface area contributed by atoms with E-state index in [9.17, 15) is 40.5 Å². The molecule has 352 valence electrons. The van der Waals surface area contributed by atoms with Crippen molar-refractivity contribution in [2.45, 2.75) is 281 Å². The van der Waals surface area contributed by atoms with Crippen molar-refractivity contribution < 1.29 is 50.0 Å². The quantitative estimate of drug-likeness (QED) is 0.0277. The van der Waals surface area contributed by atoms with Gasteiger partial charge >= 0.3 is 0 Å². The number of aliphatic hydroxyl groups is 7. The molecule has 59 heavy (non-hydrogen) atoms. The fourth-order valence-electron chi connectivity index (χ4n) is 8.21. The summed E-state index contributed by atoms with van der Waals surface area (Å²) >= 11 is 0. The Kier molecular flexibility index (Phi) is 35.8. The Morgan fingerprint density at radius 1 is 0.559 bits per heavy atom. The van der Waals surface area contributed by atoms with Gasteiger partial charge in [0.1, 0.15) is 36.6 Å². The standard InChI is InChI=1S/C48H95NO10/c1-4-5-6-7-8-9-10-11-12-13-14-15-16-17-18-19-22-26-29-32-35-41(52)47(57)49-39(37-58-48-46(56)45(55)44(54)42(36-50)59-48)43(53)40(51)34-31-28-25-23-20-21-24-27-30-33-38(2)3/h38-46,48,50-56H,4-37H2,1-3H3,(H,49,57)/t39-,40-,41?,42-,43+,44+,45+,46-,48-/m1/s1. The van der Waals surface area contributed by atoms with Crippen LogP contribution >= 0.6 is 0 Å². The number of rotatable bonds is 41. The minimum atomic E-state index is -1.66. The lowest BCUT2D eigenvalue weighted by Gasteiger charge is -2.40. The Morgan fingerprint density at radius 3 is 1.36 bits per heavy atom. The largest absolute Gasteiger partial charge is 0.394 e. The van der Waals surface area contributed by atoms with Crippen LogP contribution < -0.4 is 5.32 Å². The minimum absolute atomic E-state index is 0.266. The first kappa shape index (κ1) is 56.1. The fourth-order valence-corrected chi connectivity index (χ4v) is 8.21. The Labute approximate surface area is 360 Å². The second-order valence-electron chi connectivity index (χ2n) is 18.4. The zero-order valence-corrected chi connectivity index (χ0v) is 38.2. The molecule has 1 amide bonds. The first-order chi connectivity index (χ1) is 28.5. The van der Waals surface area contributed by atoms with E-state index in [0.717, 1.165) is 44.4 Å². The zero-order valence-electron chi connectivity index (χ0n) is 38.2. The Bertz CT molecular complexity index is 941. The average Bonchev–Trinajstić information content (AvgIpc) is 3.22. The molecule has 1 saturated heterocycles. The smallest absolute Gasteiger partial charge is 0.249 e. The first-order valence-corrected chi connectivity index (χ1v) is 24.8. The van der Waals surface area contributed by atoms with E-state index in [-0.39, 0.29) is 6.42 Å². The van der Waals surface area contributed by atoms with E-state index in [2.05, 4.69) is 26.1 Å². The van der Waals surface area contributed by atoms with Gasteiger partial charge in [-0.15, -0.1) is 0 Å². The summed E-state index contributed by atoms with van der Waals surface area (Å²) in [4.78, 5) is 13.1. The molecule has 0 saturated carbocycles. The van der Waals surface area contributed by atoms with Crippen LogP contribution in [-0.4, -0.2) is 110 Å². The molecule has 11 nitrogen and oxygen atoms in total. The highest BCUT2D eigenvalue weighted by molar-refractivity contribution is 5.80. The van der Waals surface area contributed by atoms with Crippen molar-refractivity contribution in [1.29, 1.82) is 0 Å². The molecule has 0 bridgehead atoms. The number of carbonyl (C=O) groups excluding carboxylic acids is 1. The number of ether oxygens (including phenoxy) is 2. The minimum Gasteiger partial charge on any atom is -0.394 e. The molecule has 1 rings (SSSR count). The zero-order chi connectivity index (χ0) is 43.5. The predicted molar refractivity (Wildman–Crippen MR) is 238 cm³/mol.